The number of unbranched alkanes of at least 4 members (excludes halogenated alkanes) is 6. The predicted octanol–water partition coefficient (Wildman–Crippen LogP) is 6.29. The molecular formula is C19H36Cl2O5. The number of aliphatic carboxylic acids is 1. The quantitative estimate of drug-likeness (QED) is 0.165. The van der Waals surface area contributed by atoms with Gasteiger partial charge in [0.2, 0.25) is 5.24 Å². The van der Waals surface area contributed by atoms with Crippen LogP contribution in [0.3, 0.4) is 0 Å². The Balaban J connectivity index is -0.000000308. The zero-order valence-electron chi connectivity index (χ0n) is 16.5. The van der Waals surface area contributed by atoms with Gasteiger partial charge in [-0.05, 0) is 30.9 Å². The number of carbonyl (C=O) groups excluding carboxylic acids is 2. The van der Waals surface area contributed by atoms with Crippen molar-refractivity contribution >= 4 is 40.4 Å². The lowest BCUT2D eigenvalue weighted by Gasteiger charge is -1.98. The summed E-state index contributed by atoms with van der Waals surface area (Å²) in [6.07, 6.45) is 10.6. The number of esters is 1. The Bertz CT molecular complexity index is 316. The van der Waals surface area contributed by atoms with Crippen LogP contribution in [0.15, 0.2) is 0 Å². The van der Waals surface area contributed by atoms with Gasteiger partial charge in [-0.25, -0.2) is 0 Å². The first-order valence-corrected chi connectivity index (χ1v) is 10.4. The van der Waals surface area contributed by atoms with Gasteiger partial charge in [0.25, 0.3) is 0 Å². The van der Waals surface area contributed by atoms with Crippen molar-refractivity contribution in [3.8, 4) is 0 Å². The van der Waals surface area contributed by atoms with Crippen LogP contribution in [0.5, 0.6) is 0 Å². The molecule has 0 aromatic carbocycles. The fourth-order valence-electron chi connectivity index (χ4n) is 1.69. The summed E-state index contributed by atoms with van der Waals surface area (Å²) in [6.45, 7) is 6.24. The lowest BCUT2D eigenvalue weighted by Crippen LogP contribution is -2.01. The van der Waals surface area contributed by atoms with Crippen molar-refractivity contribution in [2.45, 2.75) is 97.8 Å². The number of rotatable bonds is 13. The number of halogens is 2. The summed E-state index contributed by atoms with van der Waals surface area (Å²) in [5.74, 6) is -0.873. The molecule has 0 aliphatic rings. The zero-order valence-corrected chi connectivity index (χ0v) is 18.0. The van der Waals surface area contributed by atoms with Crippen molar-refractivity contribution in [1.29, 1.82) is 0 Å². The van der Waals surface area contributed by atoms with E-state index < -0.39 is 5.97 Å². The van der Waals surface area contributed by atoms with Gasteiger partial charge in [0.15, 0.2) is 6.07 Å². The maximum atomic E-state index is 10.6. The molecule has 1 N–H and O–H groups in total. The Morgan fingerprint density at radius 1 is 0.769 bits per heavy atom. The van der Waals surface area contributed by atoms with E-state index in [1.165, 1.54) is 0 Å². The van der Waals surface area contributed by atoms with E-state index in [4.69, 9.17) is 28.3 Å². The molecule has 5 nitrogen and oxygen atoms in total. The molecule has 0 spiro atoms. The molecule has 0 atom stereocenters. The molecule has 156 valence electrons. The van der Waals surface area contributed by atoms with Crippen LogP contribution in [0.1, 0.15) is 97.8 Å². The van der Waals surface area contributed by atoms with E-state index >= 15 is 0 Å². The maximum Gasteiger partial charge on any atom is 0.306 e. The minimum atomic E-state index is -0.682. The number of ether oxygens (including phenoxy) is 1. The summed E-state index contributed by atoms with van der Waals surface area (Å²) in [6, 6.07) is -0.0229. The molecule has 0 unspecified atom stereocenters. The molecule has 7 heteroatoms. The summed E-state index contributed by atoms with van der Waals surface area (Å²) in [5.41, 5.74) is 0. The molecule has 0 aliphatic heterocycles. The lowest BCUT2D eigenvalue weighted by atomic mass is 10.2. The highest BCUT2D eigenvalue weighted by molar-refractivity contribution is 6.63. The van der Waals surface area contributed by atoms with E-state index in [-0.39, 0.29) is 17.3 Å². The Kier molecular flexibility index (Phi) is 30.4. The average Bonchev–Trinajstić information content (AvgIpc) is 2.56. The van der Waals surface area contributed by atoms with E-state index in [2.05, 4.69) is 25.5 Å². The van der Waals surface area contributed by atoms with Crippen LogP contribution in [0.2, 0.25) is 0 Å². The summed E-state index contributed by atoms with van der Waals surface area (Å²) in [5, 5.41) is 7.93. The first kappa shape index (κ1) is 29.9. The first-order chi connectivity index (χ1) is 12.3. The van der Waals surface area contributed by atoms with Crippen LogP contribution in [-0.2, 0) is 19.1 Å². The van der Waals surface area contributed by atoms with Gasteiger partial charge in [-0.3, -0.25) is 14.4 Å². The number of carboxylic acid groups (broad SMARTS) is 1. The maximum absolute atomic E-state index is 10.6. The monoisotopic (exact) mass is 414 g/mol. The molecule has 0 amide bonds. The fraction of sp³-hybridized carbons (Fsp3) is 0.842. The van der Waals surface area contributed by atoms with Crippen molar-refractivity contribution in [1.82, 2.24) is 0 Å². The van der Waals surface area contributed by atoms with Crippen LogP contribution in [-0.4, -0.2) is 28.4 Å². The summed E-state index contributed by atoms with van der Waals surface area (Å²) in [7, 11) is 0. The van der Waals surface area contributed by atoms with E-state index in [9.17, 15) is 14.4 Å². The molecule has 0 aliphatic carbocycles. The number of hydrogen-bond acceptors (Lipinski definition) is 4. The van der Waals surface area contributed by atoms with Gasteiger partial charge in [-0.2, -0.15) is 0 Å². The highest BCUT2D eigenvalue weighted by Gasteiger charge is 1.99. The number of hydrogen-bond donors (Lipinski definition) is 1. The van der Waals surface area contributed by atoms with Crippen LogP contribution >= 0.6 is 23.2 Å². The van der Waals surface area contributed by atoms with E-state index in [0.717, 1.165) is 57.8 Å². The van der Waals surface area contributed by atoms with Gasteiger partial charge in [-0.15, -0.1) is 0 Å². The van der Waals surface area contributed by atoms with Crippen molar-refractivity contribution in [2.75, 3.05) is 6.07 Å². The van der Waals surface area contributed by atoms with Crippen molar-refractivity contribution in [3.05, 3.63) is 0 Å². The normalized spacial score (nSPS) is 9.27. The van der Waals surface area contributed by atoms with Crippen molar-refractivity contribution in [3.63, 3.8) is 0 Å². The number of carboxylic acids is 1. The smallest absolute Gasteiger partial charge is 0.306 e. The third-order valence-corrected chi connectivity index (χ3v) is 3.47. The lowest BCUT2D eigenvalue weighted by molar-refractivity contribution is -0.141. The van der Waals surface area contributed by atoms with Crippen LogP contribution in [0, 0.1) is 0 Å². The van der Waals surface area contributed by atoms with Crippen LogP contribution in [0.4, 0.5) is 0 Å². The van der Waals surface area contributed by atoms with Crippen molar-refractivity contribution < 1.29 is 24.2 Å². The Morgan fingerprint density at radius 2 is 1.19 bits per heavy atom. The third kappa shape index (κ3) is 38.6. The van der Waals surface area contributed by atoms with Gasteiger partial charge >= 0.3 is 11.9 Å². The first-order valence-electron chi connectivity index (χ1n) is 9.47. The van der Waals surface area contributed by atoms with Gasteiger partial charge in [0.1, 0.15) is 0 Å². The molecule has 0 heterocycles. The van der Waals surface area contributed by atoms with Gasteiger partial charge in [0.05, 0.1) is 0 Å². The highest BCUT2D eigenvalue weighted by atomic mass is 35.5. The largest absolute Gasteiger partial charge is 0.481 e. The van der Waals surface area contributed by atoms with E-state index in [1.54, 1.807) is 0 Å². The molecule has 26 heavy (non-hydrogen) atoms. The van der Waals surface area contributed by atoms with Crippen molar-refractivity contribution in [2.24, 2.45) is 0 Å². The molecule has 0 aromatic heterocycles. The van der Waals surface area contributed by atoms with Gasteiger partial charge < -0.3 is 9.84 Å². The van der Waals surface area contributed by atoms with Crippen LogP contribution in [0.25, 0.3) is 0 Å². The van der Waals surface area contributed by atoms with E-state index in [0.29, 0.717) is 19.3 Å². The predicted molar refractivity (Wildman–Crippen MR) is 108 cm³/mol. The molecule has 0 fully saturated rings. The molecule has 0 radical (unpaired) electrons. The van der Waals surface area contributed by atoms with Crippen LogP contribution < -0.4 is 0 Å². The summed E-state index contributed by atoms with van der Waals surface area (Å²) in [4.78, 5) is 30.6. The Labute approximate surface area is 168 Å². The topological polar surface area (TPSA) is 80.7 Å². The molecule has 0 bridgehead atoms. The molecule has 0 aromatic rings. The Morgan fingerprint density at radius 3 is 1.54 bits per heavy atom. The minimum absolute atomic E-state index is 0.0229. The fourth-order valence-corrected chi connectivity index (χ4v) is 1.95. The standard InChI is InChI=1S/C7H13ClO2.C6H11ClO.C6H12O2/c1-2-3-4-5-7(9)10-6-8;2*1-2-3-4-5-6(7)8/h2-6H2,1H3;2-5H2,1H3;2-5H2,1H3,(H,7,8). The molecule has 0 rings (SSSR count). The second-order valence-electron chi connectivity index (χ2n) is 5.75. The second-order valence-corrected chi connectivity index (χ2v) is 6.39. The highest BCUT2D eigenvalue weighted by Crippen LogP contribution is 2.01. The summed E-state index contributed by atoms with van der Waals surface area (Å²) < 4.78 is 4.51. The second kappa shape index (κ2) is 26.4. The number of carbonyl (C=O) groups is 3. The molecular weight excluding hydrogens is 379 g/mol. The zero-order chi connectivity index (χ0) is 20.6. The van der Waals surface area contributed by atoms with Gasteiger partial charge in [0, 0.05) is 19.3 Å². The molecule has 0 saturated carbocycles. The third-order valence-electron chi connectivity index (χ3n) is 3.17. The Hall–Kier alpha value is -0.810. The summed E-state index contributed by atoms with van der Waals surface area (Å²) >= 11 is 10.2. The average molecular weight is 415 g/mol. The number of alkyl halides is 1. The minimum Gasteiger partial charge on any atom is -0.481 e. The SMILES string of the molecule is CCCCCC(=O)Cl.CCCCCC(=O)O.CCCCCC(=O)OCCl. The molecule has 0 saturated heterocycles. The van der Waals surface area contributed by atoms with Gasteiger partial charge in [-0.1, -0.05) is 70.9 Å². The van der Waals surface area contributed by atoms with E-state index in [1.807, 2.05) is 0 Å².